The lowest BCUT2D eigenvalue weighted by Crippen LogP contribution is -2.43. The van der Waals surface area contributed by atoms with Gasteiger partial charge in [-0.05, 0) is 37.1 Å². The zero-order valence-electron chi connectivity index (χ0n) is 16.7. The molecule has 160 valence electrons. The highest BCUT2D eigenvalue weighted by Crippen LogP contribution is 2.33. The van der Waals surface area contributed by atoms with E-state index in [1.807, 2.05) is 32.0 Å². The molecule has 0 saturated heterocycles. The summed E-state index contributed by atoms with van der Waals surface area (Å²) in [5, 5.41) is 0. The van der Waals surface area contributed by atoms with Crippen molar-refractivity contribution in [3.8, 4) is 17.2 Å². The summed E-state index contributed by atoms with van der Waals surface area (Å²) in [6, 6.07) is 10.1. The predicted molar refractivity (Wildman–Crippen MR) is 106 cm³/mol. The largest absolute Gasteiger partial charge is 0.493 e. The molecule has 0 fully saturated rings. The molecular weight excluding hydrogens is 398 g/mol. The summed E-state index contributed by atoms with van der Waals surface area (Å²) >= 11 is 0. The first-order valence-electron chi connectivity index (χ1n) is 8.89. The van der Waals surface area contributed by atoms with Gasteiger partial charge in [-0.15, -0.1) is 0 Å². The van der Waals surface area contributed by atoms with Crippen molar-refractivity contribution in [3.05, 3.63) is 59.2 Å². The van der Waals surface area contributed by atoms with Crippen LogP contribution in [0.3, 0.4) is 0 Å². The minimum Gasteiger partial charge on any atom is -0.493 e. The van der Waals surface area contributed by atoms with Gasteiger partial charge in [0.1, 0.15) is 5.75 Å². The molecule has 0 radical (unpaired) electrons. The minimum atomic E-state index is -3.06. The normalized spacial score (nSPS) is 10.7. The van der Waals surface area contributed by atoms with Crippen LogP contribution in [0.1, 0.15) is 16.7 Å². The van der Waals surface area contributed by atoms with E-state index in [0.717, 1.165) is 17.2 Å². The Morgan fingerprint density at radius 3 is 2.33 bits per heavy atom. The van der Waals surface area contributed by atoms with Crippen LogP contribution in [0.15, 0.2) is 42.5 Å². The average Bonchev–Trinajstić information content (AvgIpc) is 2.70. The molecule has 0 aliphatic carbocycles. The van der Waals surface area contributed by atoms with Crippen molar-refractivity contribution in [2.75, 3.05) is 13.7 Å². The standard InChI is InChI=1S/C21H22F2N2O5/c1-13-6-4-7-14(2)19(13)29-12-18(27)25-24-17(26)11-10-15-8-5-9-16(28-3)20(15)30-21(22)23/h4-11,21H,12H2,1-3H3,(H,24,26)(H,25,27)/b11-10+. The first-order chi connectivity index (χ1) is 14.3. The molecule has 30 heavy (non-hydrogen) atoms. The van der Waals surface area contributed by atoms with Crippen LogP contribution in [-0.2, 0) is 9.59 Å². The Kier molecular flexibility index (Phi) is 8.16. The molecule has 0 aliphatic rings. The maximum Gasteiger partial charge on any atom is 0.387 e. The zero-order valence-corrected chi connectivity index (χ0v) is 16.7. The predicted octanol–water partition coefficient (Wildman–Crippen LogP) is 3.15. The van der Waals surface area contributed by atoms with Gasteiger partial charge in [0.25, 0.3) is 11.8 Å². The van der Waals surface area contributed by atoms with Crippen molar-refractivity contribution >= 4 is 17.9 Å². The quantitative estimate of drug-likeness (QED) is 0.506. The summed E-state index contributed by atoms with van der Waals surface area (Å²) in [5.74, 6) is -0.757. The van der Waals surface area contributed by atoms with E-state index in [0.29, 0.717) is 5.75 Å². The van der Waals surface area contributed by atoms with Crippen LogP contribution in [0.4, 0.5) is 8.78 Å². The fraction of sp³-hybridized carbons (Fsp3) is 0.238. The number of nitrogens with one attached hydrogen (secondary N) is 2. The molecule has 2 N–H and O–H groups in total. The number of aryl methyl sites for hydroxylation is 2. The van der Waals surface area contributed by atoms with Gasteiger partial charge in [-0.25, -0.2) is 0 Å². The van der Waals surface area contributed by atoms with Crippen molar-refractivity contribution in [2.45, 2.75) is 20.5 Å². The van der Waals surface area contributed by atoms with Gasteiger partial charge in [-0.2, -0.15) is 8.78 Å². The third-order valence-corrected chi connectivity index (χ3v) is 3.93. The Morgan fingerprint density at radius 2 is 1.70 bits per heavy atom. The van der Waals surface area contributed by atoms with E-state index >= 15 is 0 Å². The second-order valence-electron chi connectivity index (χ2n) is 6.14. The monoisotopic (exact) mass is 420 g/mol. The smallest absolute Gasteiger partial charge is 0.387 e. The summed E-state index contributed by atoms with van der Waals surface area (Å²) in [4.78, 5) is 23.8. The van der Waals surface area contributed by atoms with Crippen molar-refractivity contribution in [2.24, 2.45) is 0 Å². The number of benzene rings is 2. The number of ether oxygens (including phenoxy) is 3. The molecule has 0 atom stereocenters. The molecule has 2 amide bonds. The number of carbonyl (C=O) groups is 2. The second-order valence-corrected chi connectivity index (χ2v) is 6.14. The van der Waals surface area contributed by atoms with Crippen LogP contribution < -0.4 is 25.1 Å². The molecule has 9 heteroatoms. The fourth-order valence-electron chi connectivity index (χ4n) is 2.58. The van der Waals surface area contributed by atoms with Gasteiger partial charge in [0.05, 0.1) is 7.11 Å². The van der Waals surface area contributed by atoms with Crippen LogP contribution in [-0.4, -0.2) is 32.1 Å². The third-order valence-electron chi connectivity index (χ3n) is 3.93. The van der Waals surface area contributed by atoms with Gasteiger partial charge in [0, 0.05) is 11.6 Å². The highest BCUT2D eigenvalue weighted by molar-refractivity contribution is 5.93. The van der Waals surface area contributed by atoms with Gasteiger partial charge in [0.2, 0.25) is 0 Å². The second kappa shape index (κ2) is 10.8. The zero-order chi connectivity index (χ0) is 22.1. The molecule has 0 aromatic heterocycles. The summed E-state index contributed by atoms with van der Waals surface area (Å²) < 4.78 is 40.2. The van der Waals surface area contributed by atoms with E-state index in [2.05, 4.69) is 15.6 Å². The number of hydrazine groups is 1. The number of hydrogen-bond donors (Lipinski definition) is 2. The van der Waals surface area contributed by atoms with E-state index in [1.165, 1.54) is 25.3 Å². The summed E-state index contributed by atoms with van der Waals surface area (Å²) in [6.45, 7) is 0.366. The molecule has 0 spiro atoms. The molecule has 2 rings (SSSR count). The Bertz CT molecular complexity index is 911. The summed E-state index contributed by atoms with van der Waals surface area (Å²) in [7, 11) is 1.31. The number of hydrogen-bond acceptors (Lipinski definition) is 5. The fourth-order valence-corrected chi connectivity index (χ4v) is 2.58. The number of rotatable bonds is 8. The van der Waals surface area contributed by atoms with Gasteiger partial charge in [0.15, 0.2) is 18.1 Å². The van der Waals surface area contributed by atoms with Crippen molar-refractivity contribution < 1.29 is 32.6 Å². The molecule has 0 aliphatic heterocycles. The lowest BCUT2D eigenvalue weighted by atomic mass is 10.1. The van der Waals surface area contributed by atoms with Gasteiger partial charge >= 0.3 is 6.61 Å². The average molecular weight is 420 g/mol. The first kappa shape index (κ1) is 22.7. The maximum atomic E-state index is 12.6. The minimum absolute atomic E-state index is 0.0924. The Morgan fingerprint density at radius 1 is 1.03 bits per heavy atom. The van der Waals surface area contributed by atoms with Crippen molar-refractivity contribution in [1.82, 2.24) is 10.9 Å². The molecular formula is C21H22F2N2O5. The lowest BCUT2D eigenvalue weighted by Gasteiger charge is -2.12. The Hall–Kier alpha value is -3.62. The molecule has 0 heterocycles. The van der Waals surface area contributed by atoms with Crippen LogP contribution in [0, 0.1) is 13.8 Å². The van der Waals surface area contributed by atoms with Crippen molar-refractivity contribution in [1.29, 1.82) is 0 Å². The van der Waals surface area contributed by atoms with E-state index in [9.17, 15) is 18.4 Å². The number of halogens is 2. The van der Waals surface area contributed by atoms with E-state index in [1.54, 1.807) is 6.07 Å². The Balaban J connectivity index is 1.91. The topological polar surface area (TPSA) is 85.9 Å². The Labute approximate surface area is 172 Å². The summed E-state index contributed by atoms with van der Waals surface area (Å²) in [6.07, 6.45) is 2.31. The molecule has 0 bridgehead atoms. The van der Waals surface area contributed by atoms with E-state index in [4.69, 9.17) is 9.47 Å². The van der Waals surface area contributed by atoms with E-state index < -0.39 is 18.4 Å². The summed E-state index contributed by atoms with van der Waals surface area (Å²) in [5.41, 5.74) is 6.36. The van der Waals surface area contributed by atoms with Gasteiger partial charge in [-0.1, -0.05) is 30.3 Å². The number of alkyl halides is 2. The highest BCUT2D eigenvalue weighted by atomic mass is 19.3. The van der Waals surface area contributed by atoms with Gasteiger partial charge in [-0.3, -0.25) is 20.4 Å². The first-order valence-corrected chi connectivity index (χ1v) is 8.89. The number of para-hydroxylation sites is 2. The lowest BCUT2D eigenvalue weighted by molar-refractivity contribution is -0.128. The molecule has 0 saturated carbocycles. The SMILES string of the molecule is COc1cccc(/C=C/C(=O)NNC(=O)COc2c(C)cccc2C)c1OC(F)F. The van der Waals surface area contributed by atoms with Crippen LogP contribution in [0.25, 0.3) is 6.08 Å². The molecule has 7 nitrogen and oxygen atoms in total. The van der Waals surface area contributed by atoms with Gasteiger partial charge < -0.3 is 14.2 Å². The maximum absolute atomic E-state index is 12.6. The molecule has 2 aromatic carbocycles. The molecule has 0 unspecified atom stereocenters. The van der Waals surface area contributed by atoms with Crippen molar-refractivity contribution in [3.63, 3.8) is 0 Å². The van der Waals surface area contributed by atoms with Crippen LogP contribution in [0.5, 0.6) is 17.2 Å². The number of methoxy groups -OCH3 is 1. The molecule has 2 aromatic rings. The third kappa shape index (κ3) is 6.47. The van der Waals surface area contributed by atoms with Crippen LogP contribution in [0.2, 0.25) is 0 Å². The number of carbonyl (C=O) groups excluding carboxylic acids is 2. The van der Waals surface area contributed by atoms with E-state index in [-0.39, 0.29) is 23.7 Å². The highest BCUT2D eigenvalue weighted by Gasteiger charge is 2.14. The number of amides is 2. The van der Waals surface area contributed by atoms with Crippen LogP contribution >= 0.6 is 0 Å².